The van der Waals surface area contributed by atoms with E-state index in [-0.39, 0.29) is 23.8 Å². The first-order valence-corrected chi connectivity index (χ1v) is 11.8. The highest BCUT2D eigenvalue weighted by Gasteiger charge is 2.19. The van der Waals surface area contributed by atoms with Gasteiger partial charge in [-0.05, 0) is 36.6 Å². The molecule has 0 atom stereocenters. The highest BCUT2D eigenvalue weighted by atomic mass is 32.2. The number of carbonyl (C=O) groups is 2. The summed E-state index contributed by atoms with van der Waals surface area (Å²) in [6, 6.07) is 7.74. The first kappa shape index (κ1) is 24.3. The third-order valence-corrected chi connectivity index (χ3v) is 6.56. The largest absolute Gasteiger partial charge is 0.493 e. The highest BCUT2D eigenvalue weighted by molar-refractivity contribution is 7.89. The van der Waals surface area contributed by atoms with E-state index in [4.69, 9.17) is 14.2 Å². The Morgan fingerprint density at radius 2 is 1.73 bits per heavy atom. The number of nitrogens with one attached hydrogen (secondary N) is 3. The number of amides is 2. The van der Waals surface area contributed by atoms with Crippen molar-refractivity contribution in [2.75, 3.05) is 38.5 Å². The van der Waals surface area contributed by atoms with E-state index < -0.39 is 15.9 Å². The second kappa shape index (κ2) is 10.5. The SMILES string of the molecule is COc1cc(NC(=O)CCNS(=O)(=O)c2ccc3c(c2)CCCC(=O)N3)cc(OC)c1OC. The van der Waals surface area contributed by atoms with Crippen molar-refractivity contribution in [2.45, 2.75) is 30.6 Å². The summed E-state index contributed by atoms with van der Waals surface area (Å²) in [5, 5.41) is 5.46. The van der Waals surface area contributed by atoms with E-state index in [0.717, 1.165) is 5.56 Å². The van der Waals surface area contributed by atoms with Crippen molar-refractivity contribution in [1.82, 2.24) is 4.72 Å². The Morgan fingerprint density at radius 1 is 1.03 bits per heavy atom. The second-order valence-corrected chi connectivity index (χ2v) is 9.10. The van der Waals surface area contributed by atoms with Crippen LogP contribution >= 0.6 is 0 Å². The van der Waals surface area contributed by atoms with Crippen molar-refractivity contribution in [2.24, 2.45) is 0 Å². The number of sulfonamides is 1. The number of ether oxygens (including phenoxy) is 3. The number of carbonyl (C=O) groups excluding carboxylic acids is 2. The van der Waals surface area contributed by atoms with E-state index in [1.807, 2.05) is 0 Å². The summed E-state index contributed by atoms with van der Waals surface area (Å²) in [6.45, 7) is -0.0909. The van der Waals surface area contributed by atoms with Gasteiger partial charge in [-0.1, -0.05) is 0 Å². The van der Waals surface area contributed by atoms with Crippen LogP contribution in [-0.2, 0) is 26.0 Å². The van der Waals surface area contributed by atoms with Crippen LogP contribution < -0.4 is 29.6 Å². The zero-order chi connectivity index (χ0) is 24.0. The van der Waals surface area contributed by atoms with Crippen molar-refractivity contribution in [3.8, 4) is 17.2 Å². The molecule has 2 aromatic carbocycles. The smallest absolute Gasteiger partial charge is 0.240 e. The predicted molar refractivity (Wildman–Crippen MR) is 123 cm³/mol. The monoisotopic (exact) mass is 477 g/mol. The number of anilines is 2. The van der Waals surface area contributed by atoms with Gasteiger partial charge in [0.15, 0.2) is 11.5 Å². The molecule has 3 rings (SSSR count). The van der Waals surface area contributed by atoms with Gasteiger partial charge >= 0.3 is 0 Å². The second-order valence-electron chi connectivity index (χ2n) is 7.33. The number of hydrogen-bond donors (Lipinski definition) is 3. The van der Waals surface area contributed by atoms with Gasteiger partial charge in [-0.3, -0.25) is 9.59 Å². The third-order valence-electron chi connectivity index (χ3n) is 5.10. The van der Waals surface area contributed by atoms with Crippen molar-refractivity contribution < 1.29 is 32.2 Å². The Hall–Kier alpha value is -3.31. The van der Waals surface area contributed by atoms with Crippen molar-refractivity contribution in [1.29, 1.82) is 0 Å². The Morgan fingerprint density at radius 3 is 2.36 bits per heavy atom. The summed E-state index contributed by atoms with van der Waals surface area (Å²) in [5.74, 6) is 0.683. The number of rotatable bonds is 9. The van der Waals surface area contributed by atoms with Crippen LogP contribution in [0.1, 0.15) is 24.8 Å². The summed E-state index contributed by atoms with van der Waals surface area (Å²) in [5.41, 5.74) is 1.82. The van der Waals surface area contributed by atoms with Gasteiger partial charge in [0, 0.05) is 42.9 Å². The van der Waals surface area contributed by atoms with E-state index in [9.17, 15) is 18.0 Å². The molecule has 1 heterocycles. The molecular weight excluding hydrogens is 450 g/mol. The molecule has 0 saturated heterocycles. The molecule has 0 bridgehead atoms. The number of hydrogen-bond acceptors (Lipinski definition) is 7. The Balaban J connectivity index is 1.61. The molecule has 0 spiro atoms. The molecule has 0 aliphatic carbocycles. The summed E-state index contributed by atoms with van der Waals surface area (Å²) in [6.07, 6.45) is 1.57. The van der Waals surface area contributed by atoms with E-state index in [0.29, 0.717) is 47.9 Å². The minimum atomic E-state index is -3.82. The molecule has 3 N–H and O–H groups in total. The maximum atomic E-state index is 12.7. The number of benzene rings is 2. The molecule has 0 saturated carbocycles. The standard InChI is InChI=1S/C22H27N3O7S/c1-30-18-12-15(13-19(31-2)22(18)32-3)24-21(27)9-10-23-33(28,29)16-7-8-17-14(11-16)5-4-6-20(26)25-17/h7-8,11-13,23H,4-6,9-10H2,1-3H3,(H,24,27)(H,25,26). The van der Waals surface area contributed by atoms with Gasteiger partial charge in [-0.2, -0.15) is 0 Å². The Bertz CT molecular complexity index is 1120. The van der Waals surface area contributed by atoms with Gasteiger partial charge < -0.3 is 24.8 Å². The lowest BCUT2D eigenvalue weighted by Gasteiger charge is -2.15. The normalized spacial score (nSPS) is 13.4. The van der Waals surface area contributed by atoms with Gasteiger partial charge in [-0.25, -0.2) is 13.1 Å². The molecule has 0 aromatic heterocycles. The minimum Gasteiger partial charge on any atom is -0.493 e. The van der Waals surface area contributed by atoms with E-state index in [1.165, 1.54) is 27.4 Å². The van der Waals surface area contributed by atoms with Crippen LogP contribution in [0.2, 0.25) is 0 Å². The quantitative estimate of drug-likeness (QED) is 0.505. The zero-order valence-corrected chi connectivity index (χ0v) is 19.5. The van der Waals surface area contributed by atoms with Crippen LogP contribution in [0.15, 0.2) is 35.2 Å². The fraction of sp³-hybridized carbons (Fsp3) is 0.364. The molecule has 0 unspecified atom stereocenters. The van der Waals surface area contributed by atoms with Crippen LogP contribution in [-0.4, -0.2) is 48.1 Å². The fourth-order valence-electron chi connectivity index (χ4n) is 3.48. The van der Waals surface area contributed by atoms with Crippen LogP contribution in [0.3, 0.4) is 0 Å². The molecular formula is C22H27N3O7S. The molecule has 0 radical (unpaired) electrons. The summed E-state index contributed by atoms with van der Waals surface area (Å²) in [7, 11) is 0.592. The van der Waals surface area contributed by atoms with Crippen LogP contribution in [0.25, 0.3) is 0 Å². The minimum absolute atomic E-state index is 0.0828. The maximum Gasteiger partial charge on any atom is 0.240 e. The average molecular weight is 478 g/mol. The van der Waals surface area contributed by atoms with Gasteiger partial charge in [0.1, 0.15) is 0 Å². The molecule has 1 aliphatic rings. The van der Waals surface area contributed by atoms with E-state index >= 15 is 0 Å². The predicted octanol–water partition coefficient (Wildman–Crippen LogP) is 2.29. The molecule has 33 heavy (non-hydrogen) atoms. The van der Waals surface area contributed by atoms with Crippen LogP contribution in [0, 0.1) is 0 Å². The molecule has 178 valence electrons. The third kappa shape index (κ3) is 5.93. The lowest BCUT2D eigenvalue weighted by atomic mass is 10.1. The van der Waals surface area contributed by atoms with Crippen molar-refractivity contribution in [3.05, 3.63) is 35.9 Å². The summed E-state index contributed by atoms with van der Waals surface area (Å²) >= 11 is 0. The zero-order valence-electron chi connectivity index (χ0n) is 18.7. The van der Waals surface area contributed by atoms with E-state index in [1.54, 1.807) is 24.3 Å². The van der Waals surface area contributed by atoms with Gasteiger partial charge in [0.2, 0.25) is 27.6 Å². The Labute approximate surface area is 192 Å². The molecule has 2 aromatic rings. The maximum absolute atomic E-state index is 12.7. The lowest BCUT2D eigenvalue weighted by Crippen LogP contribution is -2.28. The van der Waals surface area contributed by atoms with Crippen molar-refractivity contribution >= 4 is 33.2 Å². The van der Waals surface area contributed by atoms with Crippen LogP contribution in [0.5, 0.6) is 17.2 Å². The van der Waals surface area contributed by atoms with Crippen molar-refractivity contribution in [3.63, 3.8) is 0 Å². The summed E-state index contributed by atoms with van der Waals surface area (Å²) < 4.78 is 43.5. The molecule has 1 aliphatic heterocycles. The average Bonchev–Trinajstić information content (AvgIpc) is 2.97. The molecule has 11 heteroatoms. The fourth-order valence-corrected chi connectivity index (χ4v) is 4.56. The van der Waals surface area contributed by atoms with E-state index in [2.05, 4.69) is 15.4 Å². The molecule has 2 amide bonds. The van der Waals surface area contributed by atoms with Gasteiger partial charge in [-0.15, -0.1) is 0 Å². The summed E-state index contributed by atoms with van der Waals surface area (Å²) in [4.78, 5) is 24.1. The first-order chi connectivity index (χ1) is 15.8. The first-order valence-electron chi connectivity index (χ1n) is 10.3. The van der Waals surface area contributed by atoms with Gasteiger partial charge in [0.05, 0.1) is 26.2 Å². The molecule has 10 nitrogen and oxygen atoms in total. The molecule has 0 fully saturated rings. The number of fused-ring (bicyclic) bond motifs is 1. The number of aryl methyl sites for hydroxylation is 1. The topological polar surface area (TPSA) is 132 Å². The van der Waals surface area contributed by atoms with Crippen LogP contribution in [0.4, 0.5) is 11.4 Å². The number of methoxy groups -OCH3 is 3. The Kier molecular flexibility index (Phi) is 7.77. The van der Waals surface area contributed by atoms with Gasteiger partial charge in [0.25, 0.3) is 0 Å². The highest BCUT2D eigenvalue weighted by Crippen LogP contribution is 2.39. The lowest BCUT2D eigenvalue weighted by molar-refractivity contribution is -0.116.